The number of hydrogen-bond donors (Lipinski definition) is 2. The largest absolute Gasteiger partial charge is 0.326 e. The zero-order chi connectivity index (χ0) is 15.3. The third kappa shape index (κ3) is 4.31. The van der Waals surface area contributed by atoms with E-state index in [1.807, 2.05) is 12.1 Å². The second-order valence-corrected chi connectivity index (χ2v) is 6.76. The first kappa shape index (κ1) is 16.0. The van der Waals surface area contributed by atoms with Gasteiger partial charge in [-0.15, -0.1) is 0 Å². The zero-order valence-corrected chi connectivity index (χ0v) is 13.5. The van der Waals surface area contributed by atoms with Gasteiger partial charge in [0.15, 0.2) is 0 Å². The van der Waals surface area contributed by atoms with E-state index in [4.69, 9.17) is 0 Å². The van der Waals surface area contributed by atoms with Crippen LogP contribution in [0.5, 0.6) is 0 Å². The van der Waals surface area contributed by atoms with Crippen LogP contribution in [0.2, 0.25) is 0 Å². The molecule has 1 amide bonds. The lowest BCUT2D eigenvalue weighted by Crippen LogP contribution is -2.37. The fourth-order valence-electron chi connectivity index (χ4n) is 3.24. The second kappa shape index (κ2) is 7.08. The molecule has 1 unspecified atom stereocenters. The Morgan fingerprint density at radius 3 is 2.86 bits per heavy atom. The molecule has 1 atom stereocenters. The van der Waals surface area contributed by atoms with E-state index in [0.29, 0.717) is 0 Å². The van der Waals surface area contributed by atoms with Gasteiger partial charge in [-0.1, -0.05) is 45.7 Å². The highest BCUT2D eigenvalue weighted by Gasteiger charge is 2.37. The Hall–Kier alpha value is -1.35. The van der Waals surface area contributed by atoms with Gasteiger partial charge in [-0.25, -0.2) is 0 Å². The van der Waals surface area contributed by atoms with Gasteiger partial charge < -0.3 is 10.6 Å². The molecule has 3 nitrogen and oxygen atoms in total. The van der Waals surface area contributed by atoms with Crippen molar-refractivity contribution in [1.82, 2.24) is 5.32 Å². The van der Waals surface area contributed by atoms with Crippen LogP contribution in [0.1, 0.15) is 52.0 Å². The summed E-state index contributed by atoms with van der Waals surface area (Å²) in [6.07, 6.45) is 4.57. The molecule has 0 radical (unpaired) electrons. The van der Waals surface area contributed by atoms with Crippen LogP contribution in [0.15, 0.2) is 24.3 Å². The van der Waals surface area contributed by atoms with Crippen LogP contribution in [0.25, 0.3) is 0 Å². The van der Waals surface area contributed by atoms with Crippen molar-refractivity contribution in [3.63, 3.8) is 0 Å². The van der Waals surface area contributed by atoms with Crippen LogP contribution in [-0.4, -0.2) is 12.5 Å². The van der Waals surface area contributed by atoms with Crippen molar-refractivity contribution in [3.05, 3.63) is 29.8 Å². The van der Waals surface area contributed by atoms with Gasteiger partial charge in [0.25, 0.3) is 0 Å². The predicted octanol–water partition coefficient (Wildman–Crippen LogP) is 3.95. The minimum Gasteiger partial charge on any atom is -0.326 e. The molecule has 0 aliphatic heterocycles. The summed E-state index contributed by atoms with van der Waals surface area (Å²) in [5.41, 5.74) is 2.23. The molecular weight excluding hydrogens is 260 g/mol. The van der Waals surface area contributed by atoms with E-state index in [9.17, 15) is 4.79 Å². The predicted molar refractivity (Wildman–Crippen MR) is 88.2 cm³/mol. The first-order valence-corrected chi connectivity index (χ1v) is 8.13. The average molecular weight is 288 g/mol. The SMILES string of the molecule is CCNCc1cccc(NC(=O)C2CCCCC2(C)C)c1. The molecule has 1 saturated carbocycles. The highest BCUT2D eigenvalue weighted by molar-refractivity contribution is 5.93. The van der Waals surface area contributed by atoms with Gasteiger partial charge in [0, 0.05) is 18.2 Å². The fraction of sp³-hybridized carbons (Fsp3) is 0.611. The van der Waals surface area contributed by atoms with Gasteiger partial charge in [0.1, 0.15) is 0 Å². The summed E-state index contributed by atoms with van der Waals surface area (Å²) < 4.78 is 0. The van der Waals surface area contributed by atoms with Crippen LogP contribution in [0.4, 0.5) is 5.69 Å². The molecule has 1 aliphatic carbocycles. The molecule has 116 valence electrons. The van der Waals surface area contributed by atoms with Crippen molar-refractivity contribution < 1.29 is 4.79 Å². The molecular formula is C18H28N2O. The summed E-state index contributed by atoms with van der Waals surface area (Å²) in [6.45, 7) is 8.33. The molecule has 1 aromatic carbocycles. The Bertz CT molecular complexity index is 482. The molecule has 0 spiro atoms. The van der Waals surface area contributed by atoms with Crippen molar-refractivity contribution in [2.24, 2.45) is 11.3 Å². The van der Waals surface area contributed by atoms with Crippen molar-refractivity contribution in [1.29, 1.82) is 0 Å². The molecule has 1 fully saturated rings. The van der Waals surface area contributed by atoms with Crippen LogP contribution < -0.4 is 10.6 Å². The fourth-order valence-corrected chi connectivity index (χ4v) is 3.24. The second-order valence-electron chi connectivity index (χ2n) is 6.76. The molecule has 1 aliphatic rings. The monoisotopic (exact) mass is 288 g/mol. The number of amides is 1. The first-order valence-electron chi connectivity index (χ1n) is 8.13. The first-order chi connectivity index (χ1) is 10.0. The third-order valence-electron chi connectivity index (χ3n) is 4.60. The molecule has 0 saturated heterocycles. The average Bonchev–Trinajstić information content (AvgIpc) is 2.45. The van der Waals surface area contributed by atoms with Gasteiger partial charge in [-0.05, 0) is 42.5 Å². The summed E-state index contributed by atoms with van der Waals surface area (Å²) in [5, 5.41) is 6.43. The molecule has 2 rings (SSSR count). The Morgan fingerprint density at radius 1 is 1.33 bits per heavy atom. The van der Waals surface area contributed by atoms with Crippen molar-refractivity contribution in [3.8, 4) is 0 Å². The highest BCUT2D eigenvalue weighted by atomic mass is 16.1. The van der Waals surface area contributed by atoms with Gasteiger partial charge in [0.05, 0.1) is 0 Å². The van der Waals surface area contributed by atoms with Crippen LogP contribution in [0, 0.1) is 11.3 Å². The molecule has 21 heavy (non-hydrogen) atoms. The van der Waals surface area contributed by atoms with E-state index < -0.39 is 0 Å². The maximum Gasteiger partial charge on any atom is 0.228 e. The molecule has 2 N–H and O–H groups in total. The van der Waals surface area contributed by atoms with Gasteiger partial charge in [-0.3, -0.25) is 4.79 Å². The summed E-state index contributed by atoms with van der Waals surface area (Å²) in [6, 6.07) is 8.14. The lowest BCUT2D eigenvalue weighted by molar-refractivity contribution is -0.124. The standard InChI is InChI=1S/C18H28N2O/c1-4-19-13-14-8-7-9-15(12-14)20-17(21)16-10-5-6-11-18(16,2)3/h7-9,12,16,19H,4-6,10-11,13H2,1-3H3,(H,20,21). The number of hydrogen-bond acceptors (Lipinski definition) is 2. The summed E-state index contributed by atoms with van der Waals surface area (Å²) >= 11 is 0. The Labute approximate surface area is 128 Å². The van der Waals surface area contributed by atoms with E-state index in [1.165, 1.54) is 18.4 Å². The topological polar surface area (TPSA) is 41.1 Å². The van der Waals surface area contributed by atoms with Crippen LogP contribution in [-0.2, 0) is 11.3 Å². The lowest BCUT2D eigenvalue weighted by atomic mass is 9.68. The number of benzene rings is 1. The van der Waals surface area contributed by atoms with Crippen LogP contribution >= 0.6 is 0 Å². The molecule has 1 aromatic rings. The molecule has 0 heterocycles. The molecule has 0 bridgehead atoms. The van der Waals surface area contributed by atoms with Crippen molar-refractivity contribution >= 4 is 11.6 Å². The quantitative estimate of drug-likeness (QED) is 0.861. The van der Waals surface area contributed by atoms with E-state index in [2.05, 4.69) is 43.5 Å². The zero-order valence-electron chi connectivity index (χ0n) is 13.5. The minimum absolute atomic E-state index is 0.115. The Balaban J connectivity index is 2.02. The lowest BCUT2D eigenvalue weighted by Gasteiger charge is -2.37. The van der Waals surface area contributed by atoms with E-state index in [0.717, 1.165) is 31.6 Å². The highest BCUT2D eigenvalue weighted by Crippen LogP contribution is 2.41. The van der Waals surface area contributed by atoms with E-state index in [-0.39, 0.29) is 17.2 Å². The van der Waals surface area contributed by atoms with E-state index >= 15 is 0 Å². The summed E-state index contributed by atoms with van der Waals surface area (Å²) in [7, 11) is 0. The summed E-state index contributed by atoms with van der Waals surface area (Å²) in [5.74, 6) is 0.309. The van der Waals surface area contributed by atoms with Crippen LogP contribution in [0.3, 0.4) is 0 Å². The molecule has 0 aromatic heterocycles. The minimum atomic E-state index is 0.115. The van der Waals surface area contributed by atoms with Crippen molar-refractivity contribution in [2.45, 2.75) is 53.0 Å². The van der Waals surface area contributed by atoms with Crippen molar-refractivity contribution in [2.75, 3.05) is 11.9 Å². The maximum absolute atomic E-state index is 12.6. The number of carbonyl (C=O) groups excluding carboxylic acids is 1. The number of carbonyl (C=O) groups is 1. The normalized spacial score (nSPS) is 21.0. The van der Waals surface area contributed by atoms with Gasteiger partial charge in [-0.2, -0.15) is 0 Å². The third-order valence-corrected chi connectivity index (χ3v) is 4.60. The maximum atomic E-state index is 12.6. The number of nitrogens with one attached hydrogen (secondary N) is 2. The van der Waals surface area contributed by atoms with E-state index in [1.54, 1.807) is 0 Å². The smallest absolute Gasteiger partial charge is 0.228 e. The molecule has 3 heteroatoms. The number of rotatable bonds is 5. The Morgan fingerprint density at radius 2 is 2.14 bits per heavy atom. The van der Waals surface area contributed by atoms with Gasteiger partial charge in [0.2, 0.25) is 5.91 Å². The Kier molecular flexibility index (Phi) is 5.40. The number of anilines is 1. The van der Waals surface area contributed by atoms with Gasteiger partial charge >= 0.3 is 0 Å². The summed E-state index contributed by atoms with van der Waals surface area (Å²) in [4.78, 5) is 12.6.